The van der Waals surface area contributed by atoms with Gasteiger partial charge in [0.15, 0.2) is 0 Å². The first-order chi connectivity index (χ1) is 10.4. The molecule has 0 aliphatic heterocycles. The molecule has 2 rings (SSSR count). The van der Waals surface area contributed by atoms with Crippen molar-refractivity contribution in [3.8, 4) is 0 Å². The summed E-state index contributed by atoms with van der Waals surface area (Å²) < 4.78 is 5.74. The van der Waals surface area contributed by atoms with Crippen LogP contribution in [0.5, 0.6) is 0 Å². The van der Waals surface area contributed by atoms with Crippen LogP contribution in [0.2, 0.25) is 0 Å². The molecule has 0 saturated carbocycles. The van der Waals surface area contributed by atoms with Gasteiger partial charge in [0.1, 0.15) is 5.76 Å². The van der Waals surface area contributed by atoms with Gasteiger partial charge < -0.3 is 4.42 Å². The fraction of sp³-hybridized carbons (Fsp3) is 0.632. The van der Waals surface area contributed by atoms with E-state index in [0.717, 1.165) is 24.3 Å². The Morgan fingerprint density at radius 2 is 1.64 bits per heavy atom. The highest BCUT2D eigenvalue weighted by Gasteiger charge is 2.16. The Hall–Kier alpha value is -1.51. The molecule has 3 heteroatoms. The van der Waals surface area contributed by atoms with Gasteiger partial charge in [-0.2, -0.15) is 5.10 Å². The normalized spacial score (nSPS) is 14.7. The summed E-state index contributed by atoms with van der Waals surface area (Å²) >= 11 is 0. The minimum Gasteiger partial charge on any atom is -0.469 e. The van der Waals surface area contributed by atoms with Crippen LogP contribution in [0, 0.1) is 0 Å². The van der Waals surface area contributed by atoms with E-state index in [9.17, 15) is 0 Å². The van der Waals surface area contributed by atoms with Crippen LogP contribution in [-0.4, -0.2) is 10.2 Å². The zero-order chi connectivity index (χ0) is 16.3. The van der Waals surface area contributed by atoms with Gasteiger partial charge in [-0.3, -0.25) is 5.10 Å². The van der Waals surface area contributed by atoms with E-state index < -0.39 is 0 Å². The Morgan fingerprint density at radius 3 is 2.18 bits per heavy atom. The van der Waals surface area contributed by atoms with Crippen LogP contribution in [0.3, 0.4) is 0 Å². The van der Waals surface area contributed by atoms with Gasteiger partial charge in [-0.15, -0.1) is 0 Å². The number of aromatic nitrogens is 2. The zero-order valence-corrected chi connectivity index (χ0v) is 14.8. The Kier molecular flexibility index (Phi) is 5.49. The average Bonchev–Trinajstić information content (AvgIpc) is 3.12. The number of hydrogen-bond donors (Lipinski definition) is 1. The van der Waals surface area contributed by atoms with Crippen LogP contribution in [-0.2, 0) is 0 Å². The molecule has 0 bridgehead atoms. The van der Waals surface area contributed by atoms with Gasteiger partial charge in [0.05, 0.1) is 12.0 Å². The number of furan rings is 1. The molecule has 22 heavy (non-hydrogen) atoms. The van der Waals surface area contributed by atoms with Gasteiger partial charge >= 0.3 is 0 Å². The molecule has 0 saturated heterocycles. The van der Waals surface area contributed by atoms with Crippen LogP contribution in [0.15, 0.2) is 22.8 Å². The van der Waals surface area contributed by atoms with Crippen molar-refractivity contribution >= 4 is 0 Å². The predicted octanol–water partition coefficient (Wildman–Crippen LogP) is 5.94. The van der Waals surface area contributed by atoms with Gasteiger partial charge in [0.2, 0.25) is 0 Å². The molecule has 0 aromatic carbocycles. The molecule has 0 fully saturated rings. The van der Waals surface area contributed by atoms with Crippen LogP contribution in [0.25, 0.3) is 0 Å². The van der Waals surface area contributed by atoms with E-state index in [0.29, 0.717) is 23.7 Å². The maximum absolute atomic E-state index is 5.74. The summed E-state index contributed by atoms with van der Waals surface area (Å²) in [6, 6.07) is 4.43. The monoisotopic (exact) mass is 302 g/mol. The van der Waals surface area contributed by atoms with Crippen LogP contribution >= 0.6 is 0 Å². The first kappa shape index (κ1) is 16.9. The highest BCUT2D eigenvalue weighted by molar-refractivity contribution is 5.19. The van der Waals surface area contributed by atoms with Crippen molar-refractivity contribution in [3.05, 3.63) is 41.1 Å². The fourth-order valence-electron chi connectivity index (χ4n) is 2.63. The van der Waals surface area contributed by atoms with Crippen molar-refractivity contribution in [2.24, 2.45) is 0 Å². The summed E-state index contributed by atoms with van der Waals surface area (Å²) in [5.74, 6) is 3.09. The molecule has 2 aromatic rings. The molecule has 0 aliphatic rings. The number of H-pyrrole nitrogens is 1. The van der Waals surface area contributed by atoms with E-state index in [1.165, 1.54) is 11.3 Å². The summed E-state index contributed by atoms with van der Waals surface area (Å²) in [6.45, 7) is 13.3. The molecule has 2 unspecified atom stereocenters. The molecule has 0 aliphatic carbocycles. The lowest BCUT2D eigenvalue weighted by atomic mass is 9.93. The summed E-state index contributed by atoms with van der Waals surface area (Å²) in [4.78, 5) is 0. The third kappa shape index (κ3) is 4.02. The molecule has 0 spiro atoms. The molecule has 0 radical (unpaired) electrons. The molecule has 1 N–H and O–H groups in total. The third-order valence-corrected chi connectivity index (χ3v) is 4.57. The Bertz CT molecular complexity index is 528. The number of nitrogens with zero attached hydrogens (tertiary/aromatic N) is 1. The second-order valence-electron chi connectivity index (χ2n) is 7.22. The quantitative estimate of drug-likeness (QED) is 0.688. The molecule has 2 heterocycles. The van der Waals surface area contributed by atoms with Crippen molar-refractivity contribution in [1.82, 2.24) is 10.2 Å². The van der Waals surface area contributed by atoms with Gasteiger partial charge in [-0.25, -0.2) is 0 Å². The first-order valence-corrected chi connectivity index (χ1v) is 8.52. The fourth-order valence-corrected chi connectivity index (χ4v) is 2.63. The molecule has 122 valence electrons. The van der Waals surface area contributed by atoms with Gasteiger partial charge in [0, 0.05) is 11.6 Å². The lowest BCUT2D eigenvalue weighted by molar-refractivity contribution is 0.444. The highest BCUT2D eigenvalue weighted by Crippen LogP contribution is 2.30. The highest BCUT2D eigenvalue weighted by atomic mass is 16.3. The average molecular weight is 302 g/mol. The molecule has 3 nitrogen and oxygen atoms in total. The summed E-state index contributed by atoms with van der Waals surface area (Å²) in [5, 5.41) is 7.60. The van der Waals surface area contributed by atoms with Crippen LogP contribution in [0.1, 0.15) is 101 Å². The number of nitrogens with one attached hydrogen (secondary N) is 1. The maximum atomic E-state index is 5.74. The van der Waals surface area contributed by atoms with Crippen molar-refractivity contribution in [2.45, 2.75) is 78.1 Å². The van der Waals surface area contributed by atoms with E-state index >= 15 is 0 Å². The lowest BCUT2D eigenvalue weighted by Crippen LogP contribution is -1.99. The van der Waals surface area contributed by atoms with Crippen molar-refractivity contribution in [1.29, 1.82) is 0 Å². The van der Waals surface area contributed by atoms with Crippen LogP contribution < -0.4 is 0 Å². The van der Waals surface area contributed by atoms with E-state index in [1.807, 2.05) is 6.26 Å². The Morgan fingerprint density at radius 1 is 0.955 bits per heavy atom. The molecule has 2 atom stereocenters. The zero-order valence-electron chi connectivity index (χ0n) is 14.8. The lowest BCUT2D eigenvalue weighted by Gasteiger charge is -2.12. The Labute approximate surface area is 134 Å². The molecule has 0 amide bonds. The van der Waals surface area contributed by atoms with Crippen molar-refractivity contribution in [3.63, 3.8) is 0 Å². The third-order valence-electron chi connectivity index (χ3n) is 4.57. The summed E-state index contributed by atoms with van der Waals surface area (Å²) in [7, 11) is 0. The van der Waals surface area contributed by atoms with Crippen LogP contribution in [0.4, 0.5) is 0 Å². The SMILES string of the molecule is CC(C)c1coc(C(C)CCC(C)c2cc(C(C)C)n[nH]2)c1. The minimum absolute atomic E-state index is 0.461. The molecule has 2 aromatic heterocycles. The topological polar surface area (TPSA) is 41.8 Å². The standard InChI is InChI=1S/C19H30N2O/c1-12(2)16-9-19(22-11-16)15(6)8-7-14(5)18-10-17(13(3)4)20-21-18/h9-15H,7-8H2,1-6H3,(H,20,21). The van der Waals surface area contributed by atoms with Gasteiger partial charge in [-0.1, -0.05) is 41.5 Å². The summed E-state index contributed by atoms with van der Waals surface area (Å²) in [6.07, 6.45) is 4.17. The van der Waals surface area contributed by atoms with Gasteiger partial charge in [-0.05, 0) is 48.3 Å². The van der Waals surface area contributed by atoms with E-state index in [2.05, 4.69) is 63.9 Å². The minimum atomic E-state index is 0.461. The van der Waals surface area contributed by atoms with Crippen molar-refractivity contribution in [2.75, 3.05) is 0 Å². The second-order valence-corrected chi connectivity index (χ2v) is 7.22. The number of rotatable bonds is 7. The molecular formula is C19H30N2O. The van der Waals surface area contributed by atoms with Crippen molar-refractivity contribution < 1.29 is 4.42 Å². The Balaban J connectivity index is 1.90. The second kappa shape index (κ2) is 7.17. The van der Waals surface area contributed by atoms with E-state index in [4.69, 9.17) is 4.42 Å². The number of aromatic amines is 1. The van der Waals surface area contributed by atoms with E-state index in [1.54, 1.807) is 0 Å². The number of hydrogen-bond acceptors (Lipinski definition) is 2. The largest absolute Gasteiger partial charge is 0.469 e. The predicted molar refractivity (Wildman–Crippen MR) is 91.5 cm³/mol. The van der Waals surface area contributed by atoms with Gasteiger partial charge in [0.25, 0.3) is 0 Å². The van der Waals surface area contributed by atoms with E-state index in [-0.39, 0.29) is 0 Å². The molecular weight excluding hydrogens is 272 g/mol. The smallest absolute Gasteiger partial charge is 0.106 e. The maximum Gasteiger partial charge on any atom is 0.106 e. The first-order valence-electron chi connectivity index (χ1n) is 8.52. The summed E-state index contributed by atoms with van der Waals surface area (Å²) in [5.41, 5.74) is 3.70.